The van der Waals surface area contributed by atoms with E-state index in [1.807, 2.05) is 0 Å². The number of aliphatic carboxylic acids is 1. The summed E-state index contributed by atoms with van der Waals surface area (Å²) in [6, 6.07) is -1.25. The van der Waals surface area contributed by atoms with Crippen molar-refractivity contribution < 1.29 is 24.5 Å². The molecule has 3 N–H and O–H groups in total. The van der Waals surface area contributed by atoms with E-state index in [0.29, 0.717) is 13.0 Å². The monoisotopic (exact) mass is 219 g/mol. The number of hydrogen-bond donors (Lipinski definition) is 3. The normalized spacial score (nSPS) is 14.3. The third-order valence-electron chi connectivity index (χ3n) is 1.82. The standard InChI is InChI=1S/C9H17NO5/c1-6(11)8(9(13)14)10-7(12)4-3-5-15-2/h6,8,11H,3-5H2,1-2H3,(H,10,12)(H,13,14)/t6-,8+/m1/s1. The lowest BCUT2D eigenvalue weighted by Crippen LogP contribution is -2.47. The maximum atomic E-state index is 11.2. The summed E-state index contributed by atoms with van der Waals surface area (Å²) >= 11 is 0. The molecule has 0 aromatic carbocycles. The van der Waals surface area contributed by atoms with Crippen LogP contribution in [0.3, 0.4) is 0 Å². The van der Waals surface area contributed by atoms with Crippen molar-refractivity contribution in [3.63, 3.8) is 0 Å². The summed E-state index contributed by atoms with van der Waals surface area (Å²) in [7, 11) is 1.52. The fourth-order valence-electron chi connectivity index (χ4n) is 1.01. The number of rotatable bonds is 7. The van der Waals surface area contributed by atoms with Gasteiger partial charge in [0.2, 0.25) is 5.91 Å². The van der Waals surface area contributed by atoms with Crippen molar-refractivity contribution in [1.29, 1.82) is 0 Å². The number of aliphatic hydroxyl groups is 1. The topological polar surface area (TPSA) is 95.9 Å². The highest BCUT2D eigenvalue weighted by Gasteiger charge is 2.24. The molecule has 1 amide bonds. The average molecular weight is 219 g/mol. The Hall–Kier alpha value is -1.14. The summed E-state index contributed by atoms with van der Waals surface area (Å²) in [5.41, 5.74) is 0. The van der Waals surface area contributed by atoms with E-state index >= 15 is 0 Å². The van der Waals surface area contributed by atoms with Crippen LogP contribution in [0, 0.1) is 0 Å². The van der Waals surface area contributed by atoms with E-state index in [4.69, 9.17) is 14.9 Å². The first-order valence-corrected chi connectivity index (χ1v) is 4.68. The number of aliphatic hydroxyl groups excluding tert-OH is 1. The fourth-order valence-corrected chi connectivity index (χ4v) is 1.01. The van der Waals surface area contributed by atoms with Gasteiger partial charge in [-0.15, -0.1) is 0 Å². The minimum Gasteiger partial charge on any atom is -0.480 e. The van der Waals surface area contributed by atoms with Gasteiger partial charge < -0.3 is 20.3 Å². The molecule has 2 atom stereocenters. The van der Waals surface area contributed by atoms with Gasteiger partial charge in [-0.3, -0.25) is 4.79 Å². The predicted molar refractivity (Wildman–Crippen MR) is 52.4 cm³/mol. The largest absolute Gasteiger partial charge is 0.480 e. The minimum absolute atomic E-state index is 0.185. The van der Waals surface area contributed by atoms with E-state index in [0.717, 1.165) is 0 Å². The third kappa shape index (κ3) is 6.03. The summed E-state index contributed by atoms with van der Waals surface area (Å²) in [5, 5.41) is 20.0. The lowest BCUT2D eigenvalue weighted by atomic mass is 10.1. The lowest BCUT2D eigenvalue weighted by Gasteiger charge is -2.16. The van der Waals surface area contributed by atoms with E-state index in [9.17, 15) is 9.59 Å². The Kier molecular flexibility index (Phi) is 6.64. The summed E-state index contributed by atoms with van der Waals surface area (Å²) in [6.45, 7) is 1.76. The number of carboxylic acids is 1. The second-order valence-electron chi connectivity index (χ2n) is 3.22. The molecule has 6 heteroatoms. The smallest absolute Gasteiger partial charge is 0.328 e. The van der Waals surface area contributed by atoms with Gasteiger partial charge in [0.15, 0.2) is 6.04 Å². The van der Waals surface area contributed by atoms with Crippen LogP contribution < -0.4 is 5.32 Å². The molecule has 0 fully saturated rings. The molecular formula is C9H17NO5. The van der Waals surface area contributed by atoms with Gasteiger partial charge in [-0.2, -0.15) is 0 Å². The van der Waals surface area contributed by atoms with E-state index in [1.165, 1.54) is 14.0 Å². The molecule has 0 saturated heterocycles. The van der Waals surface area contributed by atoms with E-state index < -0.39 is 24.0 Å². The van der Waals surface area contributed by atoms with Crippen molar-refractivity contribution in [3.05, 3.63) is 0 Å². The van der Waals surface area contributed by atoms with Gasteiger partial charge in [-0.1, -0.05) is 0 Å². The van der Waals surface area contributed by atoms with Crippen molar-refractivity contribution in [2.75, 3.05) is 13.7 Å². The maximum Gasteiger partial charge on any atom is 0.328 e. The predicted octanol–water partition coefficient (Wildman–Crippen LogP) is -0.637. The second kappa shape index (κ2) is 7.19. The van der Waals surface area contributed by atoms with Gasteiger partial charge in [-0.25, -0.2) is 4.79 Å². The van der Waals surface area contributed by atoms with Gasteiger partial charge in [0, 0.05) is 20.1 Å². The fraction of sp³-hybridized carbons (Fsp3) is 0.778. The van der Waals surface area contributed by atoms with E-state index in [-0.39, 0.29) is 6.42 Å². The molecule has 0 spiro atoms. The molecule has 0 radical (unpaired) electrons. The molecule has 0 aliphatic heterocycles. The van der Waals surface area contributed by atoms with Crippen LogP contribution in [-0.4, -0.2) is 48.0 Å². The minimum atomic E-state index is -1.25. The summed E-state index contributed by atoms with van der Waals surface area (Å²) < 4.78 is 4.75. The first kappa shape index (κ1) is 13.9. The number of hydrogen-bond acceptors (Lipinski definition) is 4. The molecular weight excluding hydrogens is 202 g/mol. The van der Waals surface area contributed by atoms with Crippen LogP contribution >= 0.6 is 0 Å². The average Bonchev–Trinajstić information content (AvgIpc) is 2.13. The number of methoxy groups -OCH3 is 1. The molecule has 0 rings (SSSR count). The molecule has 0 saturated carbocycles. The molecule has 0 aliphatic rings. The van der Waals surface area contributed by atoms with Crippen LogP contribution in [0.25, 0.3) is 0 Å². The second-order valence-corrected chi connectivity index (χ2v) is 3.22. The number of ether oxygens (including phenoxy) is 1. The van der Waals surface area contributed by atoms with Gasteiger partial charge in [0.1, 0.15) is 0 Å². The van der Waals surface area contributed by atoms with Crippen LogP contribution in [0.4, 0.5) is 0 Å². The molecule has 6 nitrogen and oxygen atoms in total. The number of amides is 1. The zero-order chi connectivity index (χ0) is 11.8. The van der Waals surface area contributed by atoms with Crippen molar-refractivity contribution in [1.82, 2.24) is 5.32 Å². The van der Waals surface area contributed by atoms with Crippen molar-refractivity contribution in [2.24, 2.45) is 0 Å². The van der Waals surface area contributed by atoms with Crippen LogP contribution in [0.2, 0.25) is 0 Å². The van der Waals surface area contributed by atoms with Crippen molar-refractivity contribution in [2.45, 2.75) is 31.9 Å². The van der Waals surface area contributed by atoms with E-state index in [1.54, 1.807) is 0 Å². The molecule has 88 valence electrons. The molecule has 0 aromatic heterocycles. The third-order valence-corrected chi connectivity index (χ3v) is 1.82. The molecule has 0 bridgehead atoms. The maximum absolute atomic E-state index is 11.2. The molecule has 0 aromatic rings. The highest BCUT2D eigenvalue weighted by Crippen LogP contribution is 1.96. The highest BCUT2D eigenvalue weighted by atomic mass is 16.5. The number of carbonyl (C=O) groups excluding carboxylic acids is 1. The Morgan fingerprint density at radius 1 is 1.47 bits per heavy atom. The molecule has 0 aliphatic carbocycles. The van der Waals surface area contributed by atoms with Crippen molar-refractivity contribution in [3.8, 4) is 0 Å². The first-order valence-electron chi connectivity index (χ1n) is 4.68. The number of carbonyl (C=O) groups is 2. The van der Waals surface area contributed by atoms with Gasteiger partial charge >= 0.3 is 5.97 Å². The quantitative estimate of drug-likeness (QED) is 0.495. The Balaban J connectivity index is 3.95. The Morgan fingerprint density at radius 3 is 2.47 bits per heavy atom. The van der Waals surface area contributed by atoms with Crippen LogP contribution in [0.15, 0.2) is 0 Å². The summed E-state index contributed by atoms with van der Waals surface area (Å²) in [6.07, 6.45) is -0.410. The number of carboxylic acid groups (broad SMARTS) is 1. The zero-order valence-corrected chi connectivity index (χ0v) is 8.90. The Labute approximate surface area is 88.2 Å². The highest BCUT2D eigenvalue weighted by molar-refractivity contribution is 5.83. The lowest BCUT2D eigenvalue weighted by molar-refractivity contribution is -0.144. The van der Waals surface area contributed by atoms with Crippen LogP contribution in [0.5, 0.6) is 0 Å². The SMILES string of the molecule is COCCCC(=O)N[C@H](C(=O)O)[C@@H](C)O. The zero-order valence-electron chi connectivity index (χ0n) is 8.90. The van der Waals surface area contributed by atoms with Gasteiger partial charge in [0.05, 0.1) is 6.10 Å². The number of nitrogens with one attached hydrogen (secondary N) is 1. The Morgan fingerprint density at radius 2 is 2.07 bits per heavy atom. The van der Waals surface area contributed by atoms with Gasteiger partial charge in [-0.05, 0) is 13.3 Å². The molecule has 0 unspecified atom stereocenters. The summed E-state index contributed by atoms with van der Waals surface area (Å²) in [5.74, 6) is -1.65. The van der Waals surface area contributed by atoms with Crippen LogP contribution in [-0.2, 0) is 14.3 Å². The Bertz CT molecular complexity index is 217. The molecule has 15 heavy (non-hydrogen) atoms. The van der Waals surface area contributed by atoms with Crippen molar-refractivity contribution >= 4 is 11.9 Å². The summed E-state index contributed by atoms with van der Waals surface area (Å²) in [4.78, 5) is 21.8. The molecule has 0 heterocycles. The van der Waals surface area contributed by atoms with E-state index in [2.05, 4.69) is 5.32 Å². The van der Waals surface area contributed by atoms with Crippen LogP contribution in [0.1, 0.15) is 19.8 Å². The first-order chi connectivity index (χ1) is 6.99. The van der Waals surface area contributed by atoms with Gasteiger partial charge in [0.25, 0.3) is 0 Å².